The lowest BCUT2D eigenvalue weighted by atomic mass is 10.1. The molecule has 150 valence electrons. The zero-order valence-corrected chi connectivity index (χ0v) is 17.7. The summed E-state index contributed by atoms with van der Waals surface area (Å²) in [6.07, 6.45) is 0. The molecule has 1 heterocycles. The summed E-state index contributed by atoms with van der Waals surface area (Å²) in [5.41, 5.74) is 6.06. The molecule has 3 aromatic carbocycles. The molecule has 4 aromatic rings. The first kappa shape index (κ1) is 19.9. The van der Waals surface area contributed by atoms with Crippen molar-refractivity contribution < 1.29 is 9.53 Å². The van der Waals surface area contributed by atoms with Gasteiger partial charge in [-0.05, 0) is 54.1 Å². The van der Waals surface area contributed by atoms with Crippen LogP contribution < -0.4 is 15.0 Å². The Morgan fingerprint density at radius 1 is 1.00 bits per heavy atom. The number of carbonyl (C=O) groups excluding carboxylic acids is 1. The summed E-state index contributed by atoms with van der Waals surface area (Å²) in [7, 11) is 1.59. The lowest BCUT2D eigenvalue weighted by Crippen LogP contribution is -2.24. The fraction of sp³-hybridized carbons (Fsp3) is 0.0435. The Morgan fingerprint density at radius 2 is 1.70 bits per heavy atom. The van der Waals surface area contributed by atoms with Crippen molar-refractivity contribution in [1.82, 2.24) is 9.99 Å². The molecule has 0 radical (unpaired) electrons. The highest BCUT2D eigenvalue weighted by molar-refractivity contribution is 7.07. The summed E-state index contributed by atoms with van der Waals surface area (Å²) in [5.74, 6) is 0.398. The van der Waals surface area contributed by atoms with Crippen LogP contribution in [0.2, 0.25) is 5.02 Å². The molecule has 0 unspecified atom stereocenters. The van der Waals surface area contributed by atoms with Crippen LogP contribution in [-0.4, -0.2) is 17.6 Å². The molecule has 7 heteroatoms. The van der Waals surface area contributed by atoms with E-state index in [1.54, 1.807) is 31.4 Å². The molecule has 0 saturated carbocycles. The summed E-state index contributed by atoms with van der Waals surface area (Å²) in [4.78, 5) is 13.2. The maximum atomic E-state index is 12.5. The predicted molar refractivity (Wildman–Crippen MR) is 120 cm³/mol. The first-order chi connectivity index (χ1) is 14.7. The van der Waals surface area contributed by atoms with E-state index in [1.165, 1.54) is 11.3 Å². The number of hydrogen-bond donors (Lipinski definition) is 1. The van der Waals surface area contributed by atoms with E-state index in [0.717, 1.165) is 16.9 Å². The number of nitrogens with zero attached hydrogens (tertiary/aromatic N) is 2. The van der Waals surface area contributed by atoms with E-state index in [9.17, 15) is 4.79 Å². The summed E-state index contributed by atoms with van der Waals surface area (Å²) < 4.78 is 7.13. The van der Waals surface area contributed by atoms with Crippen molar-refractivity contribution >= 4 is 28.8 Å². The summed E-state index contributed by atoms with van der Waals surface area (Å²) in [6, 6.07) is 24.4. The number of hydrogen-bond acceptors (Lipinski definition) is 4. The molecule has 1 N–H and O–H groups in total. The second-order valence-electron chi connectivity index (χ2n) is 6.36. The topological polar surface area (TPSA) is 55.6 Å². The van der Waals surface area contributed by atoms with Gasteiger partial charge in [0.15, 0.2) is 0 Å². The largest absolute Gasteiger partial charge is 0.497 e. The van der Waals surface area contributed by atoms with Crippen molar-refractivity contribution in [1.29, 1.82) is 0 Å². The van der Waals surface area contributed by atoms with Crippen LogP contribution in [0.15, 0.2) is 89.3 Å². The summed E-state index contributed by atoms with van der Waals surface area (Å²) in [6.45, 7) is 0. The standard InChI is InChI=1S/C23H18ClN3O2S/c1-29-20-13-9-17(10-14-20)22(28)25-26-23-27(19-5-3-2-4-6-19)21(15-30-23)16-7-11-18(24)12-8-16/h2-15H,1H3,(H,25,28)/b26-23+. The number of para-hydroxylation sites is 1. The molecule has 1 aromatic heterocycles. The molecular formula is C23H18ClN3O2S. The Kier molecular flexibility index (Phi) is 5.97. The molecule has 0 bridgehead atoms. The Bertz CT molecular complexity index is 1210. The van der Waals surface area contributed by atoms with Gasteiger partial charge in [-0.3, -0.25) is 9.36 Å². The highest BCUT2D eigenvalue weighted by atomic mass is 35.5. The van der Waals surface area contributed by atoms with Gasteiger partial charge in [0.2, 0.25) is 4.80 Å². The SMILES string of the molecule is COc1ccc(C(=O)N/N=c2/scc(-c3ccc(Cl)cc3)n2-c2ccccc2)cc1. The fourth-order valence-electron chi connectivity index (χ4n) is 2.94. The molecule has 30 heavy (non-hydrogen) atoms. The van der Waals surface area contributed by atoms with E-state index in [-0.39, 0.29) is 5.91 Å². The van der Waals surface area contributed by atoms with E-state index in [1.807, 2.05) is 64.5 Å². The first-order valence-corrected chi connectivity index (χ1v) is 10.4. The molecule has 0 fully saturated rings. The van der Waals surface area contributed by atoms with E-state index in [4.69, 9.17) is 16.3 Å². The molecular weight excluding hydrogens is 418 g/mol. The Balaban J connectivity index is 1.72. The van der Waals surface area contributed by atoms with Gasteiger partial charge < -0.3 is 4.74 Å². The second-order valence-corrected chi connectivity index (χ2v) is 7.64. The summed E-state index contributed by atoms with van der Waals surface area (Å²) >= 11 is 7.49. The number of nitrogens with one attached hydrogen (secondary N) is 1. The molecule has 0 aliphatic carbocycles. The maximum absolute atomic E-state index is 12.5. The molecule has 0 saturated heterocycles. The van der Waals surface area contributed by atoms with Crippen LogP contribution in [0, 0.1) is 0 Å². The molecule has 1 amide bonds. The van der Waals surface area contributed by atoms with Crippen molar-refractivity contribution in [2.45, 2.75) is 0 Å². The number of benzene rings is 3. The Labute approximate surface area is 182 Å². The third kappa shape index (κ3) is 4.30. The van der Waals surface area contributed by atoms with Gasteiger partial charge in [-0.15, -0.1) is 16.4 Å². The lowest BCUT2D eigenvalue weighted by Gasteiger charge is -2.09. The van der Waals surface area contributed by atoms with E-state index in [2.05, 4.69) is 10.5 Å². The number of rotatable bonds is 5. The van der Waals surface area contributed by atoms with Crippen LogP contribution in [0.25, 0.3) is 16.9 Å². The highest BCUT2D eigenvalue weighted by Gasteiger charge is 2.11. The molecule has 4 rings (SSSR count). The van der Waals surface area contributed by atoms with Crippen molar-refractivity contribution in [2.75, 3.05) is 7.11 Å². The van der Waals surface area contributed by atoms with E-state index in [0.29, 0.717) is 21.1 Å². The maximum Gasteiger partial charge on any atom is 0.271 e. The Morgan fingerprint density at radius 3 is 2.37 bits per heavy atom. The average Bonchev–Trinajstić information content (AvgIpc) is 3.22. The Hall–Kier alpha value is -3.35. The van der Waals surface area contributed by atoms with Gasteiger partial charge in [0.25, 0.3) is 5.91 Å². The van der Waals surface area contributed by atoms with Crippen LogP contribution in [-0.2, 0) is 0 Å². The van der Waals surface area contributed by atoms with Gasteiger partial charge in [-0.2, -0.15) is 0 Å². The minimum Gasteiger partial charge on any atom is -0.497 e. The van der Waals surface area contributed by atoms with Gasteiger partial charge in [0, 0.05) is 21.7 Å². The fourth-order valence-corrected chi connectivity index (χ4v) is 3.94. The van der Waals surface area contributed by atoms with Crippen molar-refractivity contribution in [3.8, 4) is 22.7 Å². The third-order valence-electron chi connectivity index (χ3n) is 4.47. The smallest absolute Gasteiger partial charge is 0.271 e. The van der Waals surface area contributed by atoms with Gasteiger partial charge in [-0.25, -0.2) is 5.43 Å². The molecule has 5 nitrogen and oxygen atoms in total. The number of ether oxygens (including phenoxy) is 1. The first-order valence-electron chi connectivity index (χ1n) is 9.16. The van der Waals surface area contributed by atoms with Gasteiger partial charge >= 0.3 is 0 Å². The van der Waals surface area contributed by atoms with Crippen molar-refractivity contribution in [2.24, 2.45) is 5.10 Å². The van der Waals surface area contributed by atoms with Crippen LogP contribution in [0.3, 0.4) is 0 Å². The number of methoxy groups -OCH3 is 1. The minimum atomic E-state index is -0.293. The number of amides is 1. The quantitative estimate of drug-likeness (QED) is 0.443. The molecule has 0 aliphatic heterocycles. The number of carbonyl (C=O) groups is 1. The molecule has 0 atom stereocenters. The zero-order chi connectivity index (χ0) is 20.9. The molecule has 0 spiro atoms. The minimum absolute atomic E-state index is 0.293. The normalized spacial score (nSPS) is 11.3. The number of halogens is 1. The monoisotopic (exact) mass is 435 g/mol. The second kappa shape index (κ2) is 8.98. The van der Waals surface area contributed by atoms with Crippen LogP contribution in [0.1, 0.15) is 10.4 Å². The summed E-state index contributed by atoms with van der Waals surface area (Å²) in [5, 5.41) is 7.08. The van der Waals surface area contributed by atoms with E-state index >= 15 is 0 Å². The predicted octanol–water partition coefficient (Wildman–Crippen LogP) is 5.11. The van der Waals surface area contributed by atoms with Gasteiger partial charge in [-0.1, -0.05) is 41.9 Å². The van der Waals surface area contributed by atoms with Gasteiger partial charge in [0.05, 0.1) is 12.8 Å². The number of aromatic nitrogens is 1. The molecule has 0 aliphatic rings. The van der Waals surface area contributed by atoms with E-state index < -0.39 is 0 Å². The van der Waals surface area contributed by atoms with Crippen molar-refractivity contribution in [3.05, 3.63) is 99.6 Å². The average molecular weight is 436 g/mol. The zero-order valence-electron chi connectivity index (χ0n) is 16.1. The lowest BCUT2D eigenvalue weighted by molar-refractivity contribution is 0.0953. The van der Waals surface area contributed by atoms with Crippen molar-refractivity contribution in [3.63, 3.8) is 0 Å². The van der Waals surface area contributed by atoms with Crippen LogP contribution >= 0.6 is 22.9 Å². The highest BCUT2D eigenvalue weighted by Crippen LogP contribution is 2.24. The van der Waals surface area contributed by atoms with Gasteiger partial charge in [0.1, 0.15) is 5.75 Å². The number of thiazole rings is 1. The van der Waals surface area contributed by atoms with Crippen LogP contribution in [0.4, 0.5) is 0 Å². The van der Waals surface area contributed by atoms with Crippen LogP contribution in [0.5, 0.6) is 5.75 Å². The third-order valence-corrected chi connectivity index (χ3v) is 5.55.